The number of carbonyl (C=O) groups excluding carboxylic acids is 3. The van der Waals surface area contributed by atoms with Gasteiger partial charge < -0.3 is 14.6 Å². The number of rotatable bonds is 9. The van der Waals surface area contributed by atoms with Gasteiger partial charge >= 0.3 is 18.0 Å². The lowest BCUT2D eigenvalue weighted by molar-refractivity contribution is -0.155. The molecule has 1 heterocycles. The highest BCUT2D eigenvalue weighted by molar-refractivity contribution is 5.84. The van der Waals surface area contributed by atoms with E-state index in [9.17, 15) is 24.3 Å². The van der Waals surface area contributed by atoms with E-state index >= 15 is 0 Å². The maximum Gasteiger partial charge on any atom is 0.420 e. The predicted octanol–water partition coefficient (Wildman–Crippen LogP) is 3.38. The minimum atomic E-state index is -1.15. The van der Waals surface area contributed by atoms with E-state index in [1.54, 1.807) is 41.5 Å². The van der Waals surface area contributed by atoms with Crippen LogP contribution in [0.3, 0.4) is 0 Å². The van der Waals surface area contributed by atoms with Crippen LogP contribution in [0.15, 0.2) is 12.5 Å². The van der Waals surface area contributed by atoms with Crippen LogP contribution >= 0.6 is 0 Å². The van der Waals surface area contributed by atoms with Gasteiger partial charge in [0.1, 0.15) is 23.3 Å². The fraction of sp³-hybridized carbons (Fsp3) is 0.667. The van der Waals surface area contributed by atoms with E-state index in [1.807, 2.05) is 0 Å². The molecule has 0 aliphatic heterocycles. The standard InChI is InChI=1S/C21H32N2O7/c1-20(2,3)29-17(25)9-7-8-16(24)11-14(18(26)27)10-15-12-22-13-23(15)19(28)30-21(4,5)6/h12-14H,7-11H2,1-6H3,(H,26,27)/t14-/m1/s1. The first-order valence-corrected chi connectivity index (χ1v) is 9.89. The molecule has 0 aliphatic rings. The third kappa shape index (κ3) is 9.67. The Bertz CT molecular complexity index is 769. The Morgan fingerprint density at radius 1 is 1.03 bits per heavy atom. The van der Waals surface area contributed by atoms with Crippen LogP contribution in [0.25, 0.3) is 0 Å². The smallest absolute Gasteiger partial charge is 0.420 e. The summed E-state index contributed by atoms with van der Waals surface area (Å²) in [5.74, 6) is -2.83. The number of Topliss-reactive ketones (excluding diaryl/α,β-unsaturated/α-hetero) is 1. The Hall–Kier alpha value is -2.71. The Balaban J connectivity index is 2.65. The Morgan fingerprint density at radius 3 is 2.17 bits per heavy atom. The molecule has 1 rings (SSSR count). The molecule has 0 aromatic carbocycles. The quantitative estimate of drug-likeness (QED) is 0.598. The molecule has 0 saturated carbocycles. The normalized spacial score (nSPS) is 12.9. The monoisotopic (exact) mass is 424 g/mol. The van der Waals surface area contributed by atoms with Crippen LogP contribution < -0.4 is 0 Å². The van der Waals surface area contributed by atoms with E-state index in [2.05, 4.69) is 4.98 Å². The summed E-state index contributed by atoms with van der Waals surface area (Å²) in [6, 6.07) is 0. The first kappa shape index (κ1) is 25.3. The van der Waals surface area contributed by atoms with Crippen molar-refractivity contribution in [1.29, 1.82) is 0 Å². The number of aromatic nitrogens is 2. The molecule has 0 unspecified atom stereocenters. The van der Waals surface area contributed by atoms with Crippen LogP contribution in [-0.4, -0.2) is 49.7 Å². The van der Waals surface area contributed by atoms with Crippen molar-refractivity contribution in [3.05, 3.63) is 18.2 Å². The molecule has 0 saturated heterocycles. The van der Waals surface area contributed by atoms with Gasteiger partial charge in [0.15, 0.2) is 0 Å². The van der Waals surface area contributed by atoms with Crippen molar-refractivity contribution in [3.63, 3.8) is 0 Å². The maximum atomic E-state index is 12.3. The van der Waals surface area contributed by atoms with Crippen LogP contribution in [0.2, 0.25) is 0 Å². The zero-order valence-electron chi connectivity index (χ0n) is 18.6. The largest absolute Gasteiger partial charge is 0.481 e. The highest BCUT2D eigenvalue weighted by Crippen LogP contribution is 2.18. The highest BCUT2D eigenvalue weighted by atomic mass is 16.6. The van der Waals surface area contributed by atoms with Gasteiger partial charge in [0, 0.05) is 37.6 Å². The van der Waals surface area contributed by atoms with Gasteiger partial charge in [0.05, 0.1) is 5.92 Å². The van der Waals surface area contributed by atoms with Crippen molar-refractivity contribution < 1.29 is 33.8 Å². The average Bonchev–Trinajstić information content (AvgIpc) is 2.99. The maximum absolute atomic E-state index is 12.3. The number of esters is 1. The molecule has 9 heteroatoms. The molecule has 0 bridgehead atoms. The summed E-state index contributed by atoms with van der Waals surface area (Å²) in [7, 11) is 0. The van der Waals surface area contributed by atoms with Gasteiger partial charge in [-0.25, -0.2) is 14.3 Å². The molecule has 1 N–H and O–H groups in total. The molecule has 0 amide bonds. The van der Waals surface area contributed by atoms with E-state index in [0.29, 0.717) is 5.69 Å². The number of carboxylic acid groups (broad SMARTS) is 1. The predicted molar refractivity (Wildman–Crippen MR) is 108 cm³/mol. The summed E-state index contributed by atoms with van der Waals surface area (Å²) in [5.41, 5.74) is -0.958. The minimum Gasteiger partial charge on any atom is -0.481 e. The lowest BCUT2D eigenvalue weighted by atomic mass is 9.95. The van der Waals surface area contributed by atoms with Crippen molar-refractivity contribution >= 4 is 23.8 Å². The molecule has 0 radical (unpaired) electrons. The van der Waals surface area contributed by atoms with E-state index in [0.717, 1.165) is 4.57 Å². The number of hydrogen-bond acceptors (Lipinski definition) is 7. The molecular weight excluding hydrogens is 392 g/mol. The summed E-state index contributed by atoms with van der Waals surface area (Å²) in [4.78, 5) is 51.7. The van der Waals surface area contributed by atoms with Crippen LogP contribution in [0.5, 0.6) is 0 Å². The van der Waals surface area contributed by atoms with Crippen LogP contribution in [0.1, 0.15) is 72.9 Å². The lowest BCUT2D eigenvalue weighted by Gasteiger charge is -2.20. The van der Waals surface area contributed by atoms with Gasteiger partial charge in [-0.3, -0.25) is 14.4 Å². The summed E-state index contributed by atoms with van der Waals surface area (Å²) in [6.45, 7) is 10.4. The Labute approximate surface area is 176 Å². The molecule has 1 aromatic heterocycles. The van der Waals surface area contributed by atoms with Gasteiger partial charge in [-0.05, 0) is 48.0 Å². The molecule has 1 atom stereocenters. The number of ketones is 1. The van der Waals surface area contributed by atoms with E-state index in [4.69, 9.17) is 9.47 Å². The van der Waals surface area contributed by atoms with Crippen molar-refractivity contribution in [2.45, 2.75) is 84.8 Å². The summed E-state index contributed by atoms with van der Waals surface area (Å²) in [6.07, 6.45) is 2.17. The molecule has 30 heavy (non-hydrogen) atoms. The number of hydrogen-bond donors (Lipinski definition) is 1. The zero-order chi connectivity index (χ0) is 23.1. The molecule has 0 aliphatic carbocycles. The van der Waals surface area contributed by atoms with Crippen LogP contribution in [0.4, 0.5) is 4.79 Å². The molecule has 9 nitrogen and oxygen atoms in total. The van der Waals surface area contributed by atoms with E-state index in [-0.39, 0.29) is 37.9 Å². The second-order valence-corrected chi connectivity index (χ2v) is 9.16. The molecule has 0 spiro atoms. The fourth-order valence-corrected chi connectivity index (χ4v) is 2.65. The third-order valence-electron chi connectivity index (χ3n) is 3.84. The number of carbonyl (C=O) groups is 4. The SMILES string of the molecule is CC(C)(C)OC(=O)CCCC(=O)C[C@@H](Cc1cncn1C(=O)OC(C)(C)C)C(=O)O. The molecular formula is C21H32N2O7. The van der Waals surface area contributed by atoms with Gasteiger partial charge in [0.25, 0.3) is 0 Å². The highest BCUT2D eigenvalue weighted by Gasteiger charge is 2.26. The van der Waals surface area contributed by atoms with E-state index < -0.39 is 35.2 Å². The third-order valence-corrected chi connectivity index (χ3v) is 3.84. The van der Waals surface area contributed by atoms with Gasteiger partial charge in [-0.1, -0.05) is 0 Å². The van der Waals surface area contributed by atoms with Crippen molar-refractivity contribution in [2.75, 3.05) is 0 Å². The second-order valence-electron chi connectivity index (χ2n) is 9.16. The zero-order valence-corrected chi connectivity index (χ0v) is 18.6. The molecule has 168 valence electrons. The number of nitrogens with zero attached hydrogens (tertiary/aromatic N) is 2. The Morgan fingerprint density at radius 2 is 1.63 bits per heavy atom. The first-order valence-electron chi connectivity index (χ1n) is 9.89. The number of carboxylic acids is 1. The van der Waals surface area contributed by atoms with Gasteiger partial charge in [0.2, 0.25) is 0 Å². The number of ether oxygens (including phenoxy) is 2. The molecule has 0 fully saturated rings. The Kier molecular flexibility index (Phi) is 8.74. The van der Waals surface area contributed by atoms with Gasteiger partial charge in [-0.15, -0.1) is 0 Å². The second kappa shape index (κ2) is 10.4. The average molecular weight is 424 g/mol. The lowest BCUT2D eigenvalue weighted by Crippen LogP contribution is -2.29. The summed E-state index contributed by atoms with van der Waals surface area (Å²) < 4.78 is 11.6. The fourth-order valence-electron chi connectivity index (χ4n) is 2.65. The van der Waals surface area contributed by atoms with Crippen molar-refractivity contribution in [3.8, 4) is 0 Å². The summed E-state index contributed by atoms with van der Waals surface area (Å²) in [5, 5.41) is 9.51. The molecule has 1 aromatic rings. The van der Waals surface area contributed by atoms with Crippen LogP contribution in [0, 0.1) is 5.92 Å². The topological polar surface area (TPSA) is 125 Å². The van der Waals surface area contributed by atoms with E-state index in [1.165, 1.54) is 12.5 Å². The number of aliphatic carboxylic acids is 1. The minimum absolute atomic E-state index is 0.0492. The summed E-state index contributed by atoms with van der Waals surface area (Å²) >= 11 is 0. The van der Waals surface area contributed by atoms with Gasteiger partial charge in [-0.2, -0.15) is 0 Å². The van der Waals surface area contributed by atoms with Crippen LogP contribution in [-0.2, 0) is 30.3 Å². The van der Waals surface area contributed by atoms with Crippen molar-refractivity contribution in [2.24, 2.45) is 5.92 Å². The first-order chi connectivity index (χ1) is 13.7. The van der Waals surface area contributed by atoms with Crippen molar-refractivity contribution in [1.82, 2.24) is 9.55 Å². The number of imidazole rings is 1.